The van der Waals surface area contributed by atoms with Crippen molar-refractivity contribution in [3.8, 4) is 22.9 Å². The summed E-state index contributed by atoms with van der Waals surface area (Å²) in [5.41, 5.74) is 8.76. The van der Waals surface area contributed by atoms with E-state index in [0.29, 0.717) is 30.6 Å². The van der Waals surface area contributed by atoms with E-state index in [1.165, 1.54) is 6.07 Å². The van der Waals surface area contributed by atoms with Gasteiger partial charge in [0.25, 0.3) is 0 Å². The quantitative estimate of drug-likeness (QED) is 0.845. The fraction of sp³-hybridized carbons (Fsp3) is 0.316. The van der Waals surface area contributed by atoms with Gasteiger partial charge >= 0.3 is 0 Å². The predicted octanol–water partition coefficient (Wildman–Crippen LogP) is 3.10. The first-order chi connectivity index (χ1) is 12.3. The van der Waals surface area contributed by atoms with Gasteiger partial charge in [0.1, 0.15) is 23.2 Å². The number of phenolic OH excluding ortho intramolecular Hbond substituents is 1. The van der Waals surface area contributed by atoms with Crippen LogP contribution in [0.5, 0.6) is 5.75 Å². The maximum Gasteiger partial charge on any atom is 0.225 e. The molecule has 2 aromatic rings. The number of nitrogen functional groups attached to an aromatic ring is 1. The molecule has 6 nitrogen and oxygen atoms in total. The van der Waals surface area contributed by atoms with Crippen molar-refractivity contribution in [2.75, 3.05) is 12.3 Å². The summed E-state index contributed by atoms with van der Waals surface area (Å²) in [6.07, 6.45) is 0.549. The Balaban J connectivity index is 2.24. The molecule has 0 fully saturated rings. The van der Waals surface area contributed by atoms with Crippen LogP contribution in [0.15, 0.2) is 18.2 Å². The second-order valence-corrected chi connectivity index (χ2v) is 6.97. The first kappa shape index (κ1) is 18.0. The molecule has 1 aliphatic rings. The van der Waals surface area contributed by atoms with Crippen molar-refractivity contribution in [3.63, 3.8) is 0 Å². The highest BCUT2D eigenvalue weighted by Gasteiger charge is 2.29. The molecule has 0 saturated heterocycles. The molecular formula is C19H19ClN4O2. The Bertz CT molecular complexity index is 934. The van der Waals surface area contributed by atoms with Crippen LogP contribution in [0.3, 0.4) is 0 Å². The highest BCUT2D eigenvalue weighted by atomic mass is 35.5. The molecule has 0 radical (unpaired) electrons. The van der Waals surface area contributed by atoms with E-state index in [2.05, 4.69) is 11.1 Å². The Morgan fingerprint density at radius 1 is 1.46 bits per heavy atom. The molecule has 1 amide bonds. The lowest BCUT2D eigenvalue weighted by Crippen LogP contribution is -2.39. The van der Waals surface area contributed by atoms with E-state index in [4.69, 9.17) is 17.3 Å². The number of hydrogen-bond acceptors (Lipinski definition) is 5. The molecule has 0 unspecified atom stereocenters. The number of amides is 1. The summed E-state index contributed by atoms with van der Waals surface area (Å²) in [5, 5.41) is 19.8. The van der Waals surface area contributed by atoms with Crippen molar-refractivity contribution in [3.05, 3.63) is 40.0 Å². The normalized spacial score (nSPS) is 13.4. The maximum absolute atomic E-state index is 12.4. The number of aromatic nitrogens is 1. The SMILES string of the molecule is CC(C)C(=O)N1CCc2nc(N)c(C#N)c(-c3cccc(O)c3Cl)c2C1. The number of halogens is 1. The lowest BCUT2D eigenvalue weighted by Gasteiger charge is -2.32. The van der Waals surface area contributed by atoms with E-state index >= 15 is 0 Å². The Labute approximate surface area is 156 Å². The monoisotopic (exact) mass is 370 g/mol. The lowest BCUT2D eigenvalue weighted by molar-refractivity contribution is -0.135. The number of nitrogens with two attached hydrogens (primary N) is 1. The average Bonchev–Trinajstić information content (AvgIpc) is 2.62. The summed E-state index contributed by atoms with van der Waals surface area (Å²) in [5.74, 6) is -0.0344. The molecule has 1 aliphatic heterocycles. The number of hydrogen-bond donors (Lipinski definition) is 2. The molecule has 1 aromatic heterocycles. The fourth-order valence-corrected chi connectivity index (χ4v) is 3.48. The first-order valence-corrected chi connectivity index (χ1v) is 8.70. The molecule has 0 saturated carbocycles. The number of benzene rings is 1. The van der Waals surface area contributed by atoms with Crippen molar-refractivity contribution >= 4 is 23.3 Å². The van der Waals surface area contributed by atoms with Crippen molar-refractivity contribution in [2.24, 2.45) is 5.92 Å². The summed E-state index contributed by atoms with van der Waals surface area (Å²) >= 11 is 6.30. The van der Waals surface area contributed by atoms with Gasteiger partial charge < -0.3 is 15.7 Å². The number of fused-ring (bicyclic) bond motifs is 1. The number of carbonyl (C=O) groups excluding carboxylic acids is 1. The molecule has 26 heavy (non-hydrogen) atoms. The van der Waals surface area contributed by atoms with Crippen LogP contribution in [0.2, 0.25) is 5.02 Å². The van der Waals surface area contributed by atoms with E-state index in [0.717, 1.165) is 11.3 Å². The third-order valence-electron chi connectivity index (χ3n) is 4.54. The van der Waals surface area contributed by atoms with E-state index in [-0.39, 0.29) is 34.0 Å². The van der Waals surface area contributed by atoms with Gasteiger partial charge in [-0.15, -0.1) is 0 Å². The highest BCUT2D eigenvalue weighted by Crippen LogP contribution is 2.41. The molecule has 3 rings (SSSR count). The zero-order chi connectivity index (χ0) is 19.0. The molecule has 7 heteroatoms. The van der Waals surface area contributed by atoms with Crippen LogP contribution in [0, 0.1) is 17.2 Å². The summed E-state index contributed by atoms with van der Waals surface area (Å²) < 4.78 is 0. The summed E-state index contributed by atoms with van der Waals surface area (Å²) in [6, 6.07) is 6.95. The largest absolute Gasteiger partial charge is 0.506 e. The number of nitrogens with zero attached hydrogens (tertiary/aromatic N) is 3. The van der Waals surface area contributed by atoms with Crippen LogP contribution >= 0.6 is 11.6 Å². The van der Waals surface area contributed by atoms with Crippen molar-refractivity contribution < 1.29 is 9.90 Å². The number of anilines is 1. The summed E-state index contributed by atoms with van der Waals surface area (Å²) in [6.45, 7) is 4.59. The van der Waals surface area contributed by atoms with Crippen molar-refractivity contribution in [2.45, 2.75) is 26.8 Å². The summed E-state index contributed by atoms with van der Waals surface area (Å²) in [4.78, 5) is 18.6. The second kappa shape index (κ2) is 6.85. The number of pyridine rings is 1. The molecule has 3 N–H and O–H groups in total. The number of nitriles is 1. The second-order valence-electron chi connectivity index (χ2n) is 6.59. The van der Waals surface area contributed by atoms with Gasteiger partial charge in [0.05, 0.1) is 10.7 Å². The number of carbonyl (C=O) groups is 1. The topological polar surface area (TPSA) is 103 Å². The van der Waals surface area contributed by atoms with Crippen LogP contribution in [-0.4, -0.2) is 27.4 Å². The molecule has 0 bridgehead atoms. The Morgan fingerprint density at radius 3 is 2.85 bits per heavy atom. The van der Waals surface area contributed by atoms with E-state index < -0.39 is 0 Å². The Kier molecular flexibility index (Phi) is 4.75. The molecule has 2 heterocycles. The highest BCUT2D eigenvalue weighted by molar-refractivity contribution is 6.35. The van der Waals surface area contributed by atoms with E-state index in [1.807, 2.05) is 13.8 Å². The van der Waals surface area contributed by atoms with Crippen molar-refractivity contribution in [1.82, 2.24) is 9.88 Å². The van der Waals surface area contributed by atoms with Gasteiger partial charge in [0, 0.05) is 42.1 Å². The van der Waals surface area contributed by atoms with Gasteiger partial charge in [0.2, 0.25) is 5.91 Å². The van der Waals surface area contributed by atoms with Crippen LogP contribution in [0.4, 0.5) is 5.82 Å². The predicted molar refractivity (Wildman–Crippen MR) is 99.4 cm³/mol. The molecular weight excluding hydrogens is 352 g/mol. The smallest absolute Gasteiger partial charge is 0.225 e. The van der Waals surface area contributed by atoms with Gasteiger partial charge in [-0.05, 0) is 6.07 Å². The third kappa shape index (κ3) is 2.95. The zero-order valence-electron chi connectivity index (χ0n) is 14.6. The molecule has 134 valence electrons. The van der Waals surface area contributed by atoms with Crippen LogP contribution in [-0.2, 0) is 17.8 Å². The van der Waals surface area contributed by atoms with Crippen LogP contribution < -0.4 is 5.73 Å². The standard InChI is InChI=1S/C19H19ClN4O2/c1-10(2)19(26)24-7-6-14-13(9-24)16(12(8-21)18(22)23-14)11-4-3-5-15(25)17(11)20/h3-5,10,25H,6-7,9H2,1-2H3,(H2,22,23). The first-order valence-electron chi connectivity index (χ1n) is 8.33. The lowest BCUT2D eigenvalue weighted by atomic mass is 9.90. The number of phenols is 1. The average molecular weight is 371 g/mol. The number of rotatable bonds is 2. The van der Waals surface area contributed by atoms with E-state index in [1.54, 1.807) is 17.0 Å². The third-order valence-corrected chi connectivity index (χ3v) is 4.94. The molecule has 1 aromatic carbocycles. The molecule has 0 aliphatic carbocycles. The minimum atomic E-state index is -0.124. The Morgan fingerprint density at radius 2 is 2.19 bits per heavy atom. The zero-order valence-corrected chi connectivity index (χ0v) is 15.3. The maximum atomic E-state index is 12.4. The minimum absolute atomic E-state index is 0.0407. The van der Waals surface area contributed by atoms with E-state index in [9.17, 15) is 15.2 Å². The van der Waals surface area contributed by atoms with Crippen LogP contribution in [0.1, 0.15) is 30.7 Å². The molecule has 0 spiro atoms. The van der Waals surface area contributed by atoms with Gasteiger partial charge in [0.15, 0.2) is 0 Å². The molecule has 0 atom stereocenters. The minimum Gasteiger partial charge on any atom is -0.506 e. The van der Waals surface area contributed by atoms with Gasteiger partial charge in [-0.25, -0.2) is 4.98 Å². The van der Waals surface area contributed by atoms with Crippen molar-refractivity contribution in [1.29, 1.82) is 5.26 Å². The van der Waals surface area contributed by atoms with Gasteiger partial charge in [-0.3, -0.25) is 4.79 Å². The van der Waals surface area contributed by atoms with Crippen LogP contribution in [0.25, 0.3) is 11.1 Å². The number of aromatic hydroxyl groups is 1. The summed E-state index contributed by atoms with van der Waals surface area (Å²) in [7, 11) is 0. The van der Waals surface area contributed by atoms with Gasteiger partial charge in [-0.1, -0.05) is 37.6 Å². The Hall–Kier alpha value is -2.78. The van der Waals surface area contributed by atoms with Gasteiger partial charge in [-0.2, -0.15) is 5.26 Å². The fourth-order valence-electron chi connectivity index (χ4n) is 3.26.